The second-order valence-corrected chi connectivity index (χ2v) is 8.06. The molecular formula is C21H23N3OS. The average Bonchev–Trinajstić information content (AvgIpc) is 3.24. The molecule has 134 valence electrons. The molecule has 1 aliphatic heterocycles. The minimum atomic E-state index is 0.0428. The van der Waals surface area contributed by atoms with Gasteiger partial charge in [-0.25, -0.2) is 4.98 Å². The molecule has 1 aromatic heterocycles. The van der Waals surface area contributed by atoms with Gasteiger partial charge in [-0.2, -0.15) is 0 Å². The highest BCUT2D eigenvalue weighted by molar-refractivity contribution is 7.18. The lowest BCUT2D eigenvalue weighted by molar-refractivity contribution is -0.117. The summed E-state index contributed by atoms with van der Waals surface area (Å²) in [7, 11) is 0. The van der Waals surface area contributed by atoms with Crippen molar-refractivity contribution in [3.05, 3.63) is 58.6 Å². The minimum absolute atomic E-state index is 0.0428. The molecule has 4 rings (SSSR count). The van der Waals surface area contributed by atoms with Crippen LogP contribution in [0.2, 0.25) is 0 Å². The van der Waals surface area contributed by atoms with Crippen LogP contribution in [0.1, 0.15) is 35.0 Å². The molecule has 5 heteroatoms. The van der Waals surface area contributed by atoms with E-state index in [9.17, 15) is 4.79 Å². The molecule has 4 nitrogen and oxygen atoms in total. The number of hydrogen-bond donors (Lipinski definition) is 1. The molecule has 2 aromatic carbocycles. The number of carbonyl (C=O) groups excluding carboxylic acids is 1. The predicted octanol–water partition coefficient (Wildman–Crippen LogP) is 4.69. The number of anilines is 1. The molecule has 1 saturated heterocycles. The molecule has 0 bridgehead atoms. The number of para-hydroxylation sites is 1. The van der Waals surface area contributed by atoms with Crippen LogP contribution >= 0.6 is 11.3 Å². The normalized spacial score (nSPS) is 17.7. The number of carbonyl (C=O) groups is 1. The molecule has 1 fully saturated rings. The molecule has 0 aliphatic carbocycles. The Balaban J connectivity index is 1.46. The molecule has 0 radical (unpaired) electrons. The van der Waals surface area contributed by atoms with E-state index in [4.69, 9.17) is 4.98 Å². The molecule has 1 atom stereocenters. The smallest absolute Gasteiger partial charge is 0.238 e. The second-order valence-electron chi connectivity index (χ2n) is 7.00. The number of aromatic nitrogens is 1. The van der Waals surface area contributed by atoms with Crippen molar-refractivity contribution in [2.45, 2.75) is 32.7 Å². The Hall–Kier alpha value is -2.24. The van der Waals surface area contributed by atoms with E-state index in [1.165, 1.54) is 15.8 Å². The van der Waals surface area contributed by atoms with Gasteiger partial charge in [0.25, 0.3) is 0 Å². The quantitative estimate of drug-likeness (QED) is 0.729. The average molecular weight is 366 g/mol. The monoisotopic (exact) mass is 365 g/mol. The molecule has 1 aliphatic rings. The maximum Gasteiger partial charge on any atom is 0.238 e. The van der Waals surface area contributed by atoms with Gasteiger partial charge in [0.1, 0.15) is 5.01 Å². The highest BCUT2D eigenvalue weighted by Gasteiger charge is 2.30. The number of aryl methyl sites for hydroxylation is 2. The summed E-state index contributed by atoms with van der Waals surface area (Å²) in [4.78, 5) is 19.6. The third kappa shape index (κ3) is 3.50. The fraction of sp³-hybridized carbons (Fsp3) is 0.333. The number of nitrogens with one attached hydrogen (secondary N) is 1. The summed E-state index contributed by atoms with van der Waals surface area (Å²) in [5.41, 5.74) is 4.35. The number of benzene rings is 2. The number of nitrogens with zero attached hydrogens (tertiary/aromatic N) is 2. The van der Waals surface area contributed by atoms with Crippen molar-refractivity contribution in [3.63, 3.8) is 0 Å². The molecular weight excluding hydrogens is 342 g/mol. The van der Waals surface area contributed by atoms with Crippen molar-refractivity contribution < 1.29 is 4.79 Å². The van der Waals surface area contributed by atoms with E-state index in [2.05, 4.69) is 36.2 Å². The summed E-state index contributed by atoms with van der Waals surface area (Å²) < 4.78 is 1.22. The molecule has 0 unspecified atom stereocenters. The number of thiazole rings is 1. The van der Waals surface area contributed by atoms with Gasteiger partial charge in [0.05, 0.1) is 22.8 Å². The second kappa shape index (κ2) is 7.17. The van der Waals surface area contributed by atoms with Crippen molar-refractivity contribution in [3.8, 4) is 0 Å². The predicted molar refractivity (Wildman–Crippen MR) is 108 cm³/mol. The van der Waals surface area contributed by atoms with Gasteiger partial charge in [0.15, 0.2) is 0 Å². The first-order valence-corrected chi connectivity index (χ1v) is 9.88. The van der Waals surface area contributed by atoms with Gasteiger partial charge < -0.3 is 5.32 Å². The van der Waals surface area contributed by atoms with E-state index in [-0.39, 0.29) is 11.9 Å². The highest BCUT2D eigenvalue weighted by Crippen LogP contribution is 2.36. The highest BCUT2D eigenvalue weighted by atomic mass is 32.1. The lowest BCUT2D eigenvalue weighted by Crippen LogP contribution is -2.32. The zero-order valence-electron chi connectivity index (χ0n) is 15.2. The van der Waals surface area contributed by atoms with Crippen molar-refractivity contribution in [2.24, 2.45) is 0 Å². The third-order valence-electron chi connectivity index (χ3n) is 5.10. The van der Waals surface area contributed by atoms with Crippen LogP contribution in [-0.4, -0.2) is 28.9 Å². The van der Waals surface area contributed by atoms with E-state index in [1.54, 1.807) is 11.3 Å². The van der Waals surface area contributed by atoms with E-state index in [0.29, 0.717) is 6.54 Å². The van der Waals surface area contributed by atoms with Crippen LogP contribution in [0, 0.1) is 13.8 Å². The fourth-order valence-electron chi connectivity index (χ4n) is 3.53. The summed E-state index contributed by atoms with van der Waals surface area (Å²) in [5, 5.41) is 4.17. The summed E-state index contributed by atoms with van der Waals surface area (Å²) in [6, 6.07) is 14.5. The van der Waals surface area contributed by atoms with Crippen LogP contribution in [-0.2, 0) is 4.79 Å². The van der Waals surface area contributed by atoms with Crippen LogP contribution in [0.5, 0.6) is 0 Å². The van der Waals surface area contributed by atoms with Gasteiger partial charge >= 0.3 is 0 Å². The maximum absolute atomic E-state index is 12.5. The molecule has 0 spiro atoms. The van der Waals surface area contributed by atoms with Crippen molar-refractivity contribution in [1.82, 2.24) is 9.88 Å². The summed E-state index contributed by atoms with van der Waals surface area (Å²) in [6.07, 6.45) is 2.17. The standard InChI is InChI=1S/C21H23N3OS/c1-14-9-10-16(12-15(14)2)22-20(25)13-24-11-5-7-18(24)21-23-17-6-3-4-8-19(17)26-21/h3-4,6,8-10,12,18H,5,7,11,13H2,1-2H3,(H,22,25)/t18-/m1/s1. The number of hydrogen-bond acceptors (Lipinski definition) is 4. The van der Waals surface area contributed by atoms with Gasteiger partial charge in [-0.15, -0.1) is 11.3 Å². The van der Waals surface area contributed by atoms with E-state index < -0.39 is 0 Å². The Morgan fingerprint density at radius 1 is 1.23 bits per heavy atom. The van der Waals surface area contributed by atoms with E-state index in [1.807, 2.05) is 30.3 Å². The zero-order chi connectivity index (χ0) is 18.1. The van der Waals surface area contributed by atoms with Gasteiger partial charge in [-0.3, -0.25) is 9.69 Å². The van der Waals surface area contributed by atoms with Crippen molar-refractivity contribution >= 4 is 33.1 Å². The minimum Gasteiger partial charge on any atom is -0.325 e. The molecule has 2 heterocycles. The fourth-order valence-corrected chi connectivity index (χ4v) is 4.67. The topological polar surface area (TPSA) is 45.2 Å². The van der Waals surface area contributed by atoms with Gasteiger partial charge in [0, 0.05) is 5.69 Å². The van der Waals surface area contributed by atoms with Crippen LogP contribution in [0.15, 0.2) is 42.5 Å². The molecule has 0 saturated carbocycles. The largest absolute Gasteiger partial charge is 0.325 e. The molecule has 1 amide bonds. The Morgan fingerprint density at radius 3 is 2.88 bits per heavy atom. The van der Waals surface area contributed by atoms with Crippen LogP contribution in [0.4, 0.5) is 5.69 Å². The van der Waals surface area contributed by atoms with Crippen molar-refractivity contribution in [2.75, 3.05) is 18.4 Å². The number of likely N-dealkylation sites (tertiary alicyclic amines) is 1. The van der Waals surface area contributed by atoms with Crippen molar-refractivity contribution in [1.29, 1.82) is 0 Å². The Labute approximate surface area is 157 Å². The van der Waals surface area contributed by atoms with Gasteiger partial charge in [0.2, 0.25) is 5.91 Å². The number of rotatable bonds is 4. The first kappa shape index (κ1) is 17.2. The summed E-state index contributed by atoms with van der Waals surface area (Å²) in [6.45, 7) is 5.50. The van der Waals surface area contributed by atoms with Gasteiger partial charge in [-0.1, -0.05) is 18.2 Å². The summed E-state index contributed by atoms with van der Waals surface area (Å²) in [5.74, 6) is 0.0428. The number of amides is 1. The molecule has 3 aromatic rings. The maximum atomic E-state index is 12.5. The van der Waals surface area contributed by atoms with Crippen LogP contribution in [0.25, 0.3) is 10.2 Å². The first-order chi connectivity index (χ1) is 12.6. The Kier molecular flexibility index (Phi) is 4.74. The molecule has 1 N–H and O–H groups in total. The Morgan fingerprint density at radius 2 is 2.08 bits per heavy atom. The first-order valence-electron chi connectivity index (χ1n) is 9.07. The third-order valence-corrected chi connectivity index (χ3v) is 6.23. The SMILES string of the molecule is Cc1ccc(NC(=O)CN2CCC[C@@H]2c2nc3ccccc3s2)cc1C. The van der Waals surface area contributed by atoms with Gasteiger partial charge in [-0.05, 0) is 68.6 Å². The lowest BCUT2D eigenvalue weighted by Gasteiger charge is -2.22. The Bertz CT molecular complexity index is 916. The van der Waals surface area contributed by atoms with E-state index in [0.717, 1.165) is 35.6 Å². The zero-order valence-corrected chi connectivity index (χ0v) is 16.0. The molecule has 26 heavy (non-hydrogen) atoms. The number of fused-ring (bicyclic) bond motifs is 1. The lowest BCUT2D eigenvalue weighted by atomic mass is 10.1. The van der Waals surface area contributed by atoms with E-state index >= 15 is 0 Å². The van der Waals surface area contributed by atoms with Crippen LogP contribution in [0.3, 0.4) is 0 Å². The van der Waals surface area contributed by atoms with Crippen LogP contribution < -0.4 is 5.32 Å². The summed E-state index contributed by atoms with van der Waals surface area (Å²) >= 11 is 1.75.